The van der Waals surface area contributed by atoms with E-state index >= 15 is 0 Å². The molecule has 10 nitrogen and oxygen atoms in total. The fourth-order valence-electron chi connectivity index (χ4n) is 8.75. The number of nitrogens with one attached hydrogen (secondary N) is 1. The highest BCUT2D eigenvalue weighted by Gasteiger charge is 2.68. The van der Waals surface area contributed by atoms with Gasteiger partial charge in [-0.2, -0.15) is 0 Å². The minimum Gasteiger partial charge on any atom is -0.458 e. The fourth-order valence-corrected chi connectivity index (χ4v) is 8.75. The van der Waals surface area contributed by atoms with Gasteiger partial charge in [0.2, 0.25) is 18.5 Å². The minimum atomic E-state index is -1.74. The van der Waals surface area contributed by atoms with Crippen LogP contribution in [0.4, 0.5) is 0 Å². The van der Waals surface area contributed by atoms with Crippen molar-refractivity contribution >= 4 is 23.4 Å². The van der Waals surface area contributed by atoms with Crippen LogP contribution in [0.1, 0.15) is 64.4 Å². The molecule has 1 aliphatic heterocycles. The summed E-state index contributed by atoms with van der Waals surface area (Å²) < 4.78 is 16.0. The van der Waals surface area contributed by atoms with Crippen molar-refractivity contribution in [3.63, 3.8) is 0 Å². The second-order valence-electron chi connectivity index (χ2n) is 13.1. The van der Waals surface area contributed by atoms with E-state index in [4.69, 9.17) is 14.2 Å². The molecule has 1 aromatic rings. The van der Waals surface area contributed by atoms with E-state index in [1.807, 2.05) is 19.1 Å². The van der Waals surface area contributed by atoms with Crippen LogP contribution in [0.5, 0.6) is 11.5 Å². The number of rotatable bonds is 8. The lowest BCUT2D eigenvalue weighted by atomic mass is 9.46. The van der Waals surface area contributed by atoms with E-state index in [1.54, 1.807) is 24.3 Å². The Kier molecular flexibility index (Phi) is 7.49. The maximum Gasteiger partial charge on any atom is 0.306 e. The molecule has 10 heteroatoms. The number of ketones is 2. The van der Waals surface area contributed by atoms with Gasteiger partial charge in [0.05, 0.1) is 12.5 Å². The lowest BCUT2D eigenvalue weighted by molar-refractivity contribution is -0.181. The molecule has 7 atom stereocenters. The zero-order valence-corrected chi connectivity index (χ0v) is 24.6. The van der Waals surface area contributed by atoms with E-state index in [0.29, 0.717) is 17.9 Å². The molecule has 5 aliphatic rings. The lowest BCUT2D eigenvalue weighted by Gasteiger charge is -2.59. The Morgan fingerprint density at radius 3 is 2.77 bits per heavy atom. The van der Waals surface area contributed by atoms with Gasteiger partial charge in [-0.15, -0.1) is 0 Å². The average Bonchev–Trinajstić information content (AvgIpc) is 3.56. The molecule has 0 radical (unpaired) electrons. The largest absolute Gasteiger partial charge is 0.458 e. The van der Waals surface area contributed by atoms with Gasteiger partial charge in [-0.05, 0) is 62.2 Å². The van der Waals surface area contributed by atoms with Gasteiger partial charge in [0.15, 0.2) is 23.9 Å². The predicted molar refractivity (Wildman–Crippen MR) is 153 cm³/mol. The van der Waals surface area contributed by atoms with Crippen LogP contribution < -0.4 is 14.8 Å². The summed E-state index contributed by atoms with van der Waals surface area (Å²) in [4.78, 5) is 50.3. The van der Waals surface area contributed by atoms with Crippen LogP contribution >= 0.6 is 0 Å². The van der Waals surface area contributed by atoms with Crippen LogP contribution in [0.3, 0.4) is 0 Å². The third-order valence-corrected chi connectivity index (χ3v) is 11.0. The van der Waals surface area contributed by atoms with Crippen molar-refractivity contribution in [1.82, 2.24) is 5.32 Å². The predicted octanol–water partition coefficient (Wildman–Crippen LogP) is 2.93. The molecular formula is C33H39NO9. The molecule has 0 unspecified atom stereocenters. The van der Waals surface area contributed by atoms with Gasteiger partial charge < -0.3 is 29.7 Å². The summed E-state index contributed by atoms with van der Waals surface area (Å²) >= 11 is 0. The minimum absolute atomic E-state index is 0.00135. The molecule has 3 N–H and O–H groups in total. The molecule has 1 aromatic carbocycles. The number of carbonyl (C=O) groups is 4. The summed E-state index contributed by atoms with van der Waals surface area (Å²) in [7, 11) is 0. The van der Waals surface area contributed by atoms with Crippen LogP contribution in [-0.4, -0.2) is 58.8 Å². The Morgan fingerprint density at radius 2 is 1.95 bits per heavy atom. The molecule has 43 heavy (non-hydrogen) atoms. The van der Waals surface area contributed by atoms with Crippen LogP contribution in [0.2, 0.25) is 0 Å². The number of hydrogen-bond acceptors (Lipinski definition) is 9. The second kappa shape index (κ2) is 10.9. The Balaban J connectivity index is 1.03. The van der Waals surface area contributed by atoms with Crippen molar-refractivity contribution in [2.45, 2.75) is 77.0 Å². The van der Waals surface area contributed by atoms with Gasteiger partial charge in [-0.25, -0.2) is 0 Å². The Labute approximate surface area is 250 Å². The smallest absolute Gasteiger partial charge is 0.306 e. The normalized spacial score (nSPS) is 35.3. The van der Waals surface area contributed by atoms with Crippen LogP contribution in [-0.2, 0) is 30.5 Å². The first-order chi connectivity index (χ1) is 20.5. The van der Waals surface area contributed by atoms with E-state index in [2.05, 4.69) is 12.2 Å². The molecule has 0 spiro atoms. The number of benzene rings is 1. The summed E-state index contributed by atoms with van der Waals surface area (Å²) in [6, 6.07) is 5.40. The van der Waals surface area contributed by atoms with Crippen LogP contribution in [0, 0.1) is 28.6 Å². The van der Waals surface area contributed by atoms with Gasteiger partial charge >= 0.3 is 5.97 Å². The summed E-state index contributed by atoms with van der Waals surface area (Å²) in [6.45, 7) is 3.70. The van der Waals surface area contributed by atoms with Crippen molar-refractivity contribution in [3.05, 3.63) is 47.6 Å². The highest BCUT2D eigenvalue weighted by Crippen LogP contribution is 2.67. The molecule has 1 heterocycles. The first kappa shape index (κ1) is 29.6. The van der Waals surface area contributed by atoms with Crippen molar-refractivity contribution in [3.8, 4) is 11.5 Å². The number of Topliss-reactive ketones (excluding diaryl/α,β-unsaturated/α-hetero) is 1. The quantitative estimate of drug-likeness (QED) is 0.387. The molecule has 3 saturated carbocycles. The van der Waals surface area contributed by atoms with E-state index in [-0.39, 0.29) is 68.5 Å². The third-order valence-electron chi connectivity index (χ3n) is 11.0. The number of aliphatic hydroxyl groups is 2. The summed E-state index contributed by atoms with van der Waals surface area (Å²) in [6.07, 6.45) is 6.71. The van der Waals surface area contributed by atoms with Crippen LogP contribution in [0.15, 0.2) is 42.0 Å². The molecule has 1 amide bonds. The summed E-state index contributed by atoms with van der Waals surface area (Å²) in [5, 5.41) is 26.1. The standard InChI is InChI=1S/C33H39NO9/c1-31-12-10-21(35)14-20(31)6-7-22-23-11-13-33(40,32(23,2)15-24(36)29(22)31)26(37)17-41-28(39)9-8-27(38)34-16-19-4-3-5-25-30(19)43-18-42-25/h3-5,10,12,14,22-24,29,36,40H,6-9,11,13,15-18H2,1-2H3,(H,34,38)/t22-,23-,24+,29+,31-,32+,33-/m0/s1. The van der Waals surface area contributed by atoms with Gasteiger partial charge in [0, 0.05) is 35.3 Å². The number of amides is 1. The topological polar surface area (TPSA) is 148 Å². The number of carbonyl (C=O) groups excluding carboxylic acids is 4. The molecule has 0 aromatic heterocycles. The van der Waals surface area contributed by atoms with Crippen molar-refractivity contribution in [2.24, 2.45) is 28.6 Å². The number of para-hydroxylation sites is 1. The lowest BCUT2D eigenvalue weighted by Crippen LogP contribution is -2.61. The van der Waals surface area contributed by atoms with Gasteiger partial charge in [-0.1, -0.05) is 37.6 Å². The van der Waals surface area contributed by atoms with E-state index in [1.165, 1.54) is 0 Å². The monoisotopic (exact) mass is 593 g/mol. The molecule has 3 fully saturated rings. The highest BCUT2D eigenvalue weighted by molar-refractivity contribution is 6.01. The maximum absolute atomic E-state index is 13.4. The molecule has 6 rings (SSSR count). The maximum atomic E-state index is 13.4. The summed E-state index contributed by atoms with van der Waals surface area (Å²) in [5.74, 6) is -0.495. The van der Waals surface area contributed by atoms with E-state index in [0.717, 1.165) is 24.0 Å². The zero-order chi connectivity index (χ0) is 30.6. The third kappa shape index (κ3) is 4.88. The highest BCUT2D eigenvalue weighted by atomic mass is 16.7. The van der Waals surface area contributed by atoms with E-state index < -0.39 is 40.9 Å². The molecule has 230 valence electrons. The molecule has 4 aliphatic carbocycles. The van der Waals surface area contributed by atoms with Gasteiger partial charge in [0.1, 0.15) is 5.60 Å². The van der Waals surface area contributed by atoms with Crippen molar-refractivity contribution in [1.29, 1.82) is 0 Å². The number of fused-ring (bicyclic) bond motifs is 6. The fraction of sp³-hybridized carbons (Fsp3) is 0.576. The van der Waals surface area contributed by atoms with E-state index in [9.17, 15) is 29.4 Å². The number of esters is 1. The Hall–Kier alpha value is -3.50. The molecular weight excluding hydrogens is 554 g/mol. The number of allylic oxidation sites excluding steroid dienone is 4. The first-order valence-corrected chi connectivity index (χ1v) is 15.1. The van der Waals surface area contributed by atoms with Crippen molar-refractivity contribution < 1.29 is 43.6 Å². The van der Waals surface area contributed by atoms with Crippen LogP contribution in [0.25, 0.3) is 0 Å². The Morgan fingerprint density at radius 1 is 1.14 bits per heavy atom. The van der Waals surface area contributed by atoms with Gasteiger partial charge in [-0.3, -0.25) is 19.2 Å². The molecule has 0 saturated heterocycles. The zero-order valence-electron chi connectivity index (χ0n) is 24.6. The summed E-state index contributed by atoms with van der Waals surface area (Å²) in [5.41, 5.74) is -1.25. The average molecular weight is 594 g/mol. The SMILES string of the molecule is C[C@]12C=CC(=O)C=C1CC[C@@H]1[C@@H]2[C@H](O)C[C@]2(C)[C@H]1CC[C@]2(O)C(=O)COC(=O)CCC(=O)NCc1cccc2c1OCO2. The molecule has 0 bridgehead atoms. The Bertz CT molecular complexity index is 1420. The number of aliphatic hydroxyl groups excluding tert-OH is 1. The van der Waals surface area contributed by atoms with Crippen molar-refractivity contribution in [2.75, 3.05) is 13.4 Å². The number of hydrogen-bond donors (Lipinski definition) is 3. The van der Waals surface area contributed by atoms with Gasteiger partial charge in [0.25, 0.3) is 0 Å². The first-order valence-electron chi connectivity index (χ1n) is 15.1. The number of ether oxygens (including phenoxy) is 3. The second-order valence-corrected chi connectivity index (χ2v) is 13.1.